The van der Waals surface area contributed by atoms with Crippen LogP contribution in [0.15, 0.2) is 176 Å². The van der Waals surface area contributed by atoms with E-state index in [9.17, 15) is 0 Å². The summed E-state index contributed by atoms with van der Waals surface area (Å²) in [7, 11) is 0. The lowest BCUT2D eigenvalue weighted by Gasteiger charge is -2.27. The molecule has 268 valence electrons. The van der Waals surface area contributed by atoms with Gasteiger partial charge in [-0.05, 0) is 94.9 Å². The molecule has 0 saturated heterocycles. The summed E-state index contributed by atoms with van der Waals surface area (Å²) in [6.45, 7) is 6.89. The Morgan fingerprint density at radius 1 is 0.429 bits per heavy atom. The number of hydrogen-bond donors (Lipinski definition) is 0. The van der Waals surface area contributed by atoms with Gasteiger partial charge in [0.1, 0.15) is 0 Å². The molecule has 3 aromatic heterocycles. The Balaban J connectivity index is 1.14. The number of rotatable bonds is 5. The standard InChI is InChI=1S/C52H38N2S2/c1-52(2,3)35-27-29-45-43(32-35)42-31-34(26-28-44(42)53(45)36-15-5-4-6-16-36)33-14-11-17-37(30-33)54(46-22-12-20-40-38-18-7-9-24-48(38)55-50(40)46)47-23-13-21-41-39-19-8-10-25-49(39)56-51(41)47/h4-32H,1-3H3. The van der Waals surface area contributed by atoms with Crippen LogP contribution in [0.4, 0.5) is 17.1 Å². The second-order valence-corrected chi connectivity index (χ2v) is 17.9. The van der Waals surface area contributed by atoms with Crippen molar-refractivity contribution >= 4 is 102 Å². The molecular formula is C52H38N2S2. The maximum absolute atomic E-state index is 2.51. The molecule has 0 radical (unpaired) electrons. The first kappa shape index (κ1) is 33.2. The minimum Gasteiger partial charge on any atom is -0.309 e. The van der Waals surface area contributed by atoms with Gasteiger partial charge in [0.15, 0.2) is 0 Å². The van der Waals surface area contributed by atoms with Crippen molar-refractivity contribution in [3.63, 3.8) is 0 Å². The third-order valence-electron chi connectivity index (χ3n) is 11.3. The largest absolute Gasteiger partial charge is 0.309 e. The fourth-order valence-corrected chi connectivity index (χ4v) is 11.0. The van der Waals surface area contributed by atoms with E-state index in [1.165, 1.54) is 95.9 Å². The quantitative estimate of drug-likeness (QED) is 0.170. The van der Waals surface area contributed by atoms with Crippen molar-refractivity contribution in [2.24, 2.45) is 0 Å². The first-order valence-corrected chi connectivity index (χ1v) is 20.9. The van der Waals surface area contributed by atoms with Gasteiger partial charge in [0, 0.05) is 53.1 Å². The number of hydrogen-bond acceptors (Lipinski definition) is 3. The van der Waals surface area contributed by atoms with Crippen LogP contribution < -0.4 is 4.90 Å². The van der Waals surface area contributed by atoms with Gasteiger partial charge in [-0.1, -0.05) is 124 Å². The molecule has 0 atom stereocenters. The minimum absolute atomic E-state index is 0.0410. The zero-order chi connectivity index (χ0) is 37.5. The van der Waals surface area contributed by atoms with E-state index in [4.69, 9.17) is 0 Å². The normalized spacial score (nSPS) is 12.2. The average Bonchev–Trinajstić information content (AvgIpc) is 3.91. The predicted molar refractivity (Wildman–Crippen MR) is 245 cm³/mol. The van der Waals surface area contributed by atoms with Gasteiger partial charge in [-0.2, -0.15) is 0 Å². The van der Waals surface area contributed by atoms with E-state index in [1.54, 1.807) is 0 Å². The second-order valence-electron chi connectivity index (χ2n) is 15.8. The first-order chi connectivity index (χ1) is 27.4. The molecule has 8 aromatic carbocycles. The number of nitrogens with zero attached hydrogens (tertiary/aromatic N) is 2. The Labute approximate surface area is 334 Å². The number of aromatic nitrogens is 1. The van der Waals surface area contributed by atoms with E-state index >= 15 is 0 Å². The zero-order valence-corrected chi connectivity index (χ0v) is 33.1. The third kappa shape index (κ3) is 5.21. The highest BCUT2D eigenvalue weighted by Gasteiger charge is 2.23. The van der Waals surface area contributed by atoms with Crippen LogP contribution >= 0.6 is 22.7 Å². The monoisotopic (exact) mass is 754 g/mol. The number of benzene rings is 8. The van der Waals surface area contributed by atoms with Crippen LogP contribution in [0, 0.1) is 0 Å². The molecule has 56 heavy (non-hydrogen) atoms. The van der Waals surface area contributed by atoms with Gasteiger partial charge < -0.3 is 9.47 Å². The van der Waals surface area contributed by atoms with Gasteiger partial charge >= 0.3 is 0 Å². The third-order valence-corrected chi connectivity index (χ3v) is 13.8. The summed E-state index contributed by atoms with van der Waals surface area (Å²) >= 11 is 3.76. The van der Waals surface area contributed by atoms with Crippen LogP contribution in [0.25, 0.3) is 79.0 Å². The number of fused-ring (bicyclic) bond motifs is 9. The summed E-state index contributed by atoms with van der Waals surface area (Å²) in [5.74, 6) is 0. The maximum Gasteiger partial charge on any atom is 0.0640 e. The molecule has 0 unspecified atom stereocenters. The van der Waals surface area contributed by atoms with Crippen LogP contribution in [-0.4, -0.2) is 4.57 Å². The lowest BCUT2D eigenvalue weighted by molar-refractivity contribution is 0.591. The molecule has 0 bridgehead atoms. The summed E-state index contributed by atoms with van der Waals surface area (Å²) in [5.41, 5.74) is 10.9. The van der Waals surface area contributed by atoms with Gasteiger partial charge in [-0.25, -0.2) is 0 Å². The van der Waals surface area contributed by atoms with E-state index in [-0.39, 0.29) is 5.41 Å². The van der Waals surface area contributed by atoms with Gasteiger partial charge in [-0.15, -0.1) is 22.7 Å². The van der Waals surface area contributed by atoms with E-state index < -0.39 is 0 Å². The summed E-state index contributed by atoms with van der Waals surface area (Å²) < 4.78 is 7.61. The molecule has 0 spiro atoms. The highest BCUT2D eigenvalue weighted by Crippen LogP contribution is 2.49. The molecule has 2 nitrogen and oxygen atoms in total. The zero-order valence-electron chi connectivity index (χ0n) is 31.5. The van der Waals surface area contributed by atoms with Crippen molar-refractivity contribution in [2.75, 3.05) is 4.90 Å². The summed E-state index contributed by atoms with van der Waals surface area (Å²) in [6, 6.07) is 65.1. The molecule has 0 saturated carbocycles. The summed E-state index contributed by atoms with van der Waals surface area (Å²) in [6.07, 6.45) is 0. The summed E-state index contributed by atoms with van der Waals surface area (Å²) in [5, 5.41) is 7.75. The van der Waals surface area contributed by atoms with Gasteiger partial charge in [-0.3, -0.25) is 0 Å². The number of anilines is 3. The fraction of sp³-hybridized carbons (Fsp3) is 0.0769. The molecular weight excluding hydrogens is 717 g/mol. The van der Waals surface area contributed by atoms with Crippen LogP contribution in [0.5, 0.6) is 0 Å². The lowest BCUT2D eigenvalue weighted by atomic mass is 9.86. The highest BCUT2D eigenvalue weighted by atomic mass is 32.1. The van der Waals surface area contributed by atoms with Gasteiger partial charge in [0.25, 0.3) is 0 Å². The van der Waals surface area contributed by atoms with Gasteiger partial charge in [0.05, 0.1) is 31.8 Å². The predicted octanol–water partition coefficient (Wildman–Crippen LogP) is 16.0. The molecule has 11 rings (SSSR count). The van der Waals surface area contributed by atoms with Crippen LogP contribution in [0.3, 0.4) is 0 Å². The highest BCUT2D eigenvalue weighted by molar-refractivity contribution is 7.27. The Hall–Kier alpha value is -6.20. The van der Waals surface area contributed by atoms with Crippen molar-refractivity contribution in [1.82, 2.24) is 4.57 Å². The maximum atomic E-state index is 2.51. The molecule has 0 aliphatic carbocycles. The van der Waals surface area contributed by atoms with E-state index in [0.717, 1.165) is 5.69 Å². The Kier molecular flexibility index (Phi) is 7.50. The number of thiophene rings is 2. The van der Waals surface area contributed by atoms with E-state index in [2.05, 4.69) is 206 Å². The van der Waals surface area contributed by atoms with E-state index in [1.807, 2.05) is 22.7 Å². The van der Waals surface area contributed by atoms with Crippen molar-refractivity contribution in [3.8, 4) is 16.8 Å². The van der Waals surface area contributed by atoms with Crippen molar-refractivity contribution in [3.05, 3.63) is 181 Å². The molecule has 11 aromatic rings. The van der Waals surface area contributed by atoms with Crippen LogP contribution in [0.1, 0.15) is 26.3 Å². The fourth-order valence-electron chi connectivity index (χ4n) is 8.57. The van der Waals surface area contributed by atoms with Crippen LogP contribution in [0.2, 0.25) is 0 Å². The molecule has 0 amide bonds. The number of para-hydroxylation sites is 1. The van der Waals surface area contributed by atoms with Crippen molar-refractivity contribution in [1.29, 1.82) is 0 Å². The second kappa shape index (κ2) is 12.7. The minimum atomic E-state index is 0.0410. The van der Waals surface area contributed by atoms with Crippen LogP contribution in [-0.2, 0) is 5.41 Å². The molecule has 4 heteroatoms. The molecule has 3 heterocycles. The Bertz CT molecular complexity index is 3190. The SMILES string of the molecule is CC(C)(C)c1ccc2c(c1)c1cc(-c3cccc(N(c4cccc5c4sc4ccccc45)c4cccc5c4sc4ccccc45)c3)ccc1n2-c1ccccc1. The first-order valence-electron chi connectivity index (χ1n) is 19.3. The van der Waals surface area contributed by atoms with Crippen molar-refractivity contribution < 1.29 is 0 Å². The Morgan fingerprint density at radius 2 is 0.964 bits per heavy atom. The molecule has 0 aliphatic heterocycles. The topological polar surface area (TPSA) is 8.17 Å². The average molecular weight is 755 g/mol. The smallest absolute Gasteiger partial charge is 0.0640 e. The van der Waals surface area contributed by atoms with Gasteiger partial charge in [0.2, 0.25) is 0 Å². The molecule has 0 fully saturated rings. The lowest BCUT2D eigenvalue weighted by Crippen LogP contribution is -2.10. The van der Waals surface area contributed by atoms with Crippen molar-refractivity contribution in [2.45, 2.75) is 26.2 Å². The molecule has 0 aliphatic rings. The molecule has 0 N–H and O–H groups in total. The van der Waals surface area contributed by atoms with E-state index in [0.29, 0.717) is 0 Å². The summed E-state index contributed by atoms with van der Waals surface area (Å²) in [4.78, 5) is 2.51. The Morgan fingerprint density at radius 3 is 1.61 bits per heavy atom.